The maximum absolute atomic E-state index is 14.1. The van der Waals surface area contributed by atoms with E-state index < -0.39 is 36.8 Å². The lowest BCUT2D eigenvalue weighted by Crippen LogP contribution is -2.30. The normalized spacial score (nSPS) is 24.7. The van der Waals surface area contributed by atoms with Crippen LogP contribution in [0.3, 0.4) is 0 Å². The number of hydrogen-bond acceptors (Lipinski definition) is 8. The molecule has 0 bridgehead atoms. The van der Waals surface area contributed by atoms with Crippen LogP contribution in [0.2, 0.25) is 0 Å². The second kappa shape index (κ2) is 8.64. The monoisotopic (exact) mass is 439 g/mol. The smallest absolute Gasteiger partial charge is 0.264 e. The topological polar surface area (TPSA) is 188 Å². The first-order valence-electron chi connectivity index (χ1n) is 7.16. The Labute approximate surface area is 154 Å². The summed E-state index contributed by atoms with van der Waals surface area (Å²) in [6.07, 6.45) is -5.74. The third-order valence-electron chi connectivity index (χ3n) is 3.25. The molecule has 26 heavy (non-hydrogen) atoms. The minimum absolute atomic E-state index is 0. The number of nitrogens with two attached hydrogens (primary N) is 1. The highest BCUT2D eigenvalue weighted by Gasteiger charge is 2.46. The van der Waals surface area contributed by atoms with Gasteiger partial charge in [0.25, 0.3) is 5.56 Å². The lowest BCUT2D eigenvalue weighted by atomic mass is 10.1. The fourth-order valence-electron chi connectivity index (χ4n) is 2.25. The first-order chi connectivity index (χ1) is 11.7. The van der Waals surface area contributed by atoms with E-state index in [-0.39, 0.29) is 32.8 Å². The standard InChI is InChI=1S/C10H11BrFN5O4.C3H6O.H2O/c11-6-3-7(14-10(13)15-8(3)20)17(16-6)9-4(12)5(19)2(1-18)21-9;1-3(2)4;/h2,4-5,9,18-19H,1H2,(H3,13,14,15,20);1-2H3;1H2/t2-,4+,5-,9-;;/m1../s1. The van der Waals surface area contributed by atoms with Gasteiger partial charge in [-0.25, -0.2) is 9.07 Å². The average molecular weight is 440 g/mol. The van der Waals surface area contributed by atoms with Crippen molar-refractivity contribution in [1.29, 1.82) is 0 Å². The number of hydrogen-bond donors (Lipinski definition) is 4. The molecule has 1 aliphatic heterocycles. The number of rotatable bonds is 2. The van der Waals surface area contributed by atoms with E-state index in [1.54, 1.807) is 0 Å². The molecule has 0 amide bonds. The number of ketones is 1. The molecule has 1 fully saturated rings. The highest BCUT2D eigenvalue weighted by atomic mass is 79.9. The zero-order chi connectivity index (χ0) is 18.9. The minimum atomic E-state index is -1.83. The number of nitrogens with zero attached hydrogens (tertiary/aromatic N) is 3. The van der Waals surface area contributed by atoms with Crippen LogP contribution < -0.4 is 11.3 Å². The van der Waals surface area contributed by atoms with Crippen LogP contribution >= 0.6 is 15.9 Å². The summed E-state index contributed by atoms with van der Waals surface area (Å²) in [5.41, 5.74) is 4.95. The van der Waals surface area contributed by atoms with Gasteiger partial charge in [0.2, 0.25) is 5.95 Å². The number of fused-ring (bicyclic) bond motifs is 1. The van der Waals surface area contributed by atoms with Crippen molar-refractivity contribution in [1.82, 2.24) is 19.7 Å². The number of ether oxygens (including phenoxy) is 1. The Bertz CT molecular complexity index is 838. The number of carbonyl (C=O) groups is 1. The zero-order valence-corrected chi connectivity index (χ0v) is 15.4. The van der Waals surface area contributed by atoms with E-state index >= 15 is 0 Å². The molecule has 4 atom stereocenters. The SMILES string of the molecule is CC(C)=O.Nc1nc2c(c(Br)nn2[C@@H]2O[C@H](CO)[C@@H](O)[C@@H]2F)c(=O)[nH]1.O. The number of anilines is 1. The Balaban J connectivity index is 0.000000616. The average Bonchev–Trinajstić information content (AvgIpc) is 2.97. The molecule has 7 N–H and O–H groups in total. The largest absolute Gasteiger partial charge is 0.412 e. The summed E-state index contributed by atoms with van der Waals surface area (Å²) in [4.78, 5) is 27.5. The molecule has 146 valence electrons. The highest BCUT2D eigenvalue weighted by Crippen LogP contribution is 2.34. The Hall–Kier alpha value is -1.93. The summed E-state index contributed by atoms with van der Waals surface area (Å²) in [6.45, 7) is 2.51. The number of aliphatic hydroxyl groups is 2. The van der Waals surface area contributed by atoms with Crippen molar-refractivity contribution in [2.75, 3.05) is 12.3 Å². The van der Waals surface area contributed by atoms with E-state index in [1.165, 1.54) is 13.8 Å². The van der Waals surface area contributed by atoms with Crippen molar-refractivity contribution in [2.45, 2.75) is 38.5 Å². The molecule has 0 unspecified atom stereocenters. The maximum atomic E-state index is 14.1. The fraction of sp³-hybridized carbons (Fsp3) is 0.538. The van der Waals surface area contributed by atoms with Crippen molar-refractivity contribution >= 4 is 38.7 Å². The predicted molar refractivity (Wildman–Crippen MR) is 92.1 cm³/mol. The number of carbonyl (C=O) groups excluding carboxylic acids is 1. The van der Waals surface area contributed by atoms with Crippen LogP contribution in [0.25, 0.3) is 11.0 Å². The number of H-pyrrole nitrogens is 1. The van der Waals surface area contributed by atoms with Crippen LogP contribution in [-0.4, -0.2) is 66.2 Å². The molecule has 3 heterocycles. The van der Waals surface area contributed by atoms with Crippen LogP contribution in [0.4, 0.5) is 10.3 Å². The number of alkyl halides is 1. The van der Waals surface area contributed by atoms with Gasteiger partial charge in [0.1, 0.15) is 28.0 Å². The molecular weight excluding hydrogens is 421 g/mol. The Kier molecular flexibility index (Phi) is 7.35. The molecule has 3 rings (SSSR count). The molecule has 1 saturated heterocycles. The molecule has 2 aromatic rings. The molecule has 0 radical (unpaired) electrons. The van der Waals surface area contributed by atoms with Gasteiger partial charge in [-0.05, 0) is 29.8 Å². The number of nitrogen functional groups attached to an aromatic ring is 1. The molecular formula is C13H19BrFN5O6. The first-order valence-corrected chi connectivity index (χ1v) is 7.95. The molecule has 0 aromatic carbocycles. The summed E-state index contributed by atoms with van der Waals surface area (Å²) in [5.74, 6) is 0.00816. The number of halogens is 2. The minimum Gasteiger partial charge on any atom is -0.412 e. The van der Waals surface area contributed by atoms with Gasteiger partial charge in [0, 0.05) is 0 Å². The summed E-state index contributed by atoms with van der Waals surface area (Å²) in [5, 5.41) is 22.7. The van der Waals surface area contributed by atoms with Gasteiger partial charge in [0.15, 0.2) is 18.0 Å². The zero-order valence-electron chi connectivity index (χ0n) is 13.8. The van der Waals surface area contributed by atoms with Gasteiger partial charge in [-0.1, -0.05) is 0 Å². The van der Waals surface area contributed by atoms with Gasteiger partial charge in [-0.15, -0.1) is 0 Å². The molecule has 0 aliphatic carbocycles. The van der Waals surface area contributed by atoms with E-state index in [0.717, 1.165) is 4.68 Å². The van der Waals surface area contributed by atoms with E-state index in [9.17, 15) is 19.1 Å². The van der Waals surface area contributed by atoms with Crippen molar-refractivity contribution in [2.24, 2.45) is 0 Å². The van der Waals surface area contributed by atoms with Crippen LogP contribution in [0, 0.1) is 0 Å². The van der Waals surface area contributed by atoms with Crippen molar-refractivity contribution in [3.8, 4) is 0 Å². The third kappa shape index (κ3) is 4.24. The summed E-state index contributed by atoms with van der Waals surface area (Å²) < 4.78 is 20.5. The van der Waals surface area contributed by atoms with Crippen LogP contribution in [-0.2, 0) is 9.53 Å². The van der Waals surface area contributed by atoms with Crippen LogP contribution in [0.15, 0.2) is 9.40 Å². The van der Waals surface area contributed by atoms with Crippen LogP contribution in [0.1, 0.15) is 20.1 Å². The highest BCUT2D eigenvalue weighted by molar-refractivity contribution is 9.10. The van der Waals surface area contributed by atoms with Crippen molar-refractivity contribution in [3.63, 3.8) is 0 Å². The summed E-state index contributed by atoms with van der Waals surface area (Å²) in [7, 11) is 0. The molecule has 1 aliphatic rings. The summed E-state index contributed by atoms with van der Waals surface area (Å²) in [6, 6.07) is 0. The predicted octanol–water partition coefficient (Wildman–Crippen LogP) is -1.18. The third-order valence-corrected chi connectivity index (χ3v) is 3.81. The van der Waals surface area contributed by atoms with E-state index in [0.29, 0.717) is 0 Å². The van der Waals surface area contributed by atoms with Gasteiger partial charge in [-0.3, -0.25) is 9.78 Å². The Morgan fingerprint density at radius 2 is 2.08 bits per heavy atom. The van der Waals surface area contributed by atoms with Crippen LogP contribution in [0.5, 0.6) is 0 Å². The van der Waals surface area contributed by atoms with E-state index in [4.69, 9.17) is 15.6 Å². The molecule has 0 spiro atoms. The Morgan fingerprint density at radius 1 is 1.50 bits per heavy atom. The Morgan fingerprint density at radius 3 is 2.58 bits per heavy atom. The second-order valence-corrected chi connectivity index (χ2v) is 6.23. The maximum Gasteiger partial charge on any atom is 0.264 e. The molecule has 11 nitrogen and oxygen atoms in total. The molecule has 2 aromatic heterocycles. The lowest BCUT2D eigenvalue weighted by Gasteiger charge is -2.13. The van der Waals surface area contributed by atoms with Gasteiger partial charge >= 0.3 is 0 Å². The van der Waals surface area contributed by atoms with Crippen molar-refractivity contribution in [3.05, 3.63) is 15.0 Å². The lowest BCUT2D eigenvalue weighted by molar-refractivity contribution is -0.114. The van der Waals surface area contributed by atoms with Gasteiger partial charge < -0.3 is 31.0 Å². The first kappa shape index (κ1) is 22.1. The number of aromatic nitrogens is 4. The van der Waals surface area contributed by atoms with Crippen molar-refractivity contribution < 1.29 is 29.6 Å². The number of aromatic amines is 1. The number of nitrogens with one attached hydrogen (secondary N) is 1. The number of aliphatic hydroxyl groups excluding tert-OH is 2. The summed E-state index contributed by atoms with van der Waals surface area (Å²) >= 11 is 3.08. The van der Waals surface area contributed by atoms with E-state index in [1.807, 2.05) is 0 Å². The van der Waals surface area contributed by atoms with E-state index in [2.05, 4.69) is 31.0 Å². The fourth-order valence-corrected chi connectivity index (χ4v) is 2.78. The molecule has 13 heteroatoms. The number of Topliss-reactive ketones (excluding diaryl/α,β-unsaturated/α-hetero) is 1. The second-order valence-electron chi connectivity index (χ2n) is 5.48. The quantitative estimate of drug-likeness (QED) is 0.449. The van der Waals surface area contributed by atoms with Gasteiger partial charge in [-0.2, -0.15) is 10.1 Å². The molecule has 0 saturated carbocycles. The van der Waals surface area contributed by atoms with Gasteiger partial charge in [0.05, 0.1) is 6.61 Å².